The fraction of sp³-hybridized carbons (Fsp3) is 0.143. The molecule has 5 nitrogen and oxygen atoms in total. The second kappa shape index (κ2) is 8.50. The highest BCUT2D eigenvalue weighted by Crippen LogP contribution is 2.36. The second-order valence-electron chi connectivity index (χ2n) is 6.17. The standard InChI is InChI=1S/C21H18Cl2N2O3/c1-3-10-25-18-8-7-16(12-19(18)28-13(2)21(25)27)24-20(26)9-5-14-4-6-15(22)11-17(14)23/h3-9,11-13H,1,10H2,2H3,(H,24,26)/b9-5+. The molecule has 7 heteroatoms. The van der Waals surface area contributed by atoms with Gasteiger partial charge >= 0.3 is 0 Å². The van der Waals surface area contributed by atoms with E-state index in [-0.39, 0.29) is 11.8 Å². The zero-order chi connectivity index (χ0) is 20.3. The minimum Gasteiger partial charge on any atom is -0.479 e. The third-order valence-corrected chi connectivity index (χ3v) is 4.69. The minimum absolute atomic E-state index is 0.132. The van der Waals surface area contributed by atoms with Gasteiger partial charge in [-0.15, -0.1) is 6.58 Å². The average Bonchev–Trinajstić information content (AvgIpc) is 2.64. The van der Waals surface area contributed by atoms with Crippen LogP contribution < -0.4 is 15.0 Å². The summed E-state index contributed by atoms with van der Waals surface area (Å²) in [6.45, 7) is 5.75. The molecule has 0 aromatic heterocycles. The molecule has 2 aromatic carbocycles. The van der Waals surface area contributed by atoms with Crippen molar-refractivity contribution in [2.24, 2.45) is 0 Å². The fourth-order valence-electron chi connectivity index (χ4n) is 2.79. The first-order valence-corrected chi connectivity index (χ1v) is 9.31. The first kappa shape index (κ1) is 20.0. The van der Waals surface area contributed by atoms with Crippen molar-refractivity contribution in [1.82, 2.24) is 0 Å². The van der Waals surface area contributed by atoms with Crippen LogP contribution in [0.25, 0.3) is 6.08 Å². The molecule has 28 heavy (non-hydrogen) atoms. The zero-order valence-corrected chi connectivity index (χ0v) is 16.6. The highest BCUT2D eigenvalue weighted by atomic mass is 35.5. The molecule has 1 N–H and O–H groups in total. The van der Waals surface area contributed by atoms with Crippen molar-refractivity contribution in [3.63, 3.8) is 0 Å². The Labute approximate surface area is 173 Å². The number of fused-ring (bicyclic) bond motifs is 1. The molecule has 3 rings (SSSR count). The van der Waals surface area contributed by atoms with Crippen molar-refractivity contribution in [2.45, 2.75) is 13.0 Å². The molecule has 1 aliphatic rings. The van der Waals surface area contributed by atoms with Crippen LogP contribution in [0.2, 0.25) is 10.0 Å². The average molecular weight is 417 g/mol. The van der Waals surface area contributed by atoms with Crippen molar-refractivity contribution in [1.29, 1.82) is 0 Å². The number of anilines is 2. The molecule has 1 unspecified atom stereocenters. The maximum atomic E-state index is 12.3. The van der Waals surface area contributed by atoms with Gasteiger partial charge in [0.15, 0.2) is 6.10 Å². The van der Waals surface area contributed by atoms with Crippen molar-refractivity contribution in [2.75, 3.05) is 16.8 Å². The van der Waals surface area contributed by atoms with Gasteiger partial charge in [-0.25, -0.2) is 0 Å². The predicted octanol–water partition coefficient (Wildman–Crippen LogP) is 4.95. The number of halogens is 2. The summed E-state index contributed by atoms with van der Waals surface area (Å²) in [4.78, 5) is 26.1. The highest BCUT2D eigenvalue weighted by Gasteiger charge is 2.30. The summed E-state index contributed by atoms with van der Waals surface area (Å²) in [5.41, 5.74) is 1.88. The third kappa shape index (κ3) is 4.38. The number of rotatable bonds is 5. The minimum atomic E-state index is -0.606. The highest BCUT2D eigenvalue weighted by molar-refractivity contribution is 6.35. The Morgan fingerprint density at radius 3 is 2.79 bits per heavy atom. The normalized spacial score (nSPS) is 15.9. The molecule has 144 valence electrons. The Balaban J connectivity index is 1.75. The smallest absolute Gasteiger partial charge is 0.268 e. The second-order valence-corrected chi connectivity index (χ2v) is 7.01. The predicted molar refractivity (Wildman–Crippen MR) is 113 cm³/mol. The van der Waals surface area contributed by atoms with Crippen molar-refractivity contribution in [3.05, 3.63) is 70.7 Å². The number of amides is 2. The first-order valence-electron chi connectivity index (χ1n) is 8.56. The van der Waals surface area contributed by atoms with E-state index in [1.165, 1.54) is 6.08 Å². The molecule has 1 heterocycles. The Morgan fingerprint density at radius 2 is 2.07 bits per heavy atom. The number of nitrogens with one attached hydrogen (secondary N) is 1. The third-order valence-electron chi connectivity index (χ3n) is 4.12. The first-order chi connectivity index (χ1) is 13.4. The summed E-state index contributed by atoms with van der Waals surface area (Å²) in [5.74, 6) is 0.0669. The van der Waals surface area contributed by atoms with Crippen LogP contribution >= 0.6 is 23.2 Å². The van der Waals surface area contributed by atoms with Gasteiger partial charge in [0, 0.05) is 34.4 Å². The molecule has 0 radical (unpaired) electrons. The molecule has 1 aliphatic heterocycles. The Morgan fingerprint density at radius 1 is 1.29 bits per heavy atom. The number of nitrogens with zero attached hydrogens (tertiary/aromatic N) is 1. The van der Waals surface area contributed by atoms with Gasteiger partial charge in [-0.3, -0.25) is 9.59 Å². The van der Waals surface area contributed by atoms with Gasteiger partial charge in [-0.05, 0) is 42.8 Å². The maximum absolute atomic E-state index is 12.3. The molecule has 2 amide bonds. The number of benzene rings is 2. The lowest BCUT2D eigenvalue weighted by Gasteiger charge is -2.32. The lowest BCUT2D eigenvalue weighted by Crippen LogP contribution is -2.44. The Hall–Kier alpha value is -2.76. The molecule has 0 aliphatic carbocycles. The van der Waals surface area contributed by atoms with Gasteiger partial charge in [0.1, 0.15) is 5.75 Å². The molecule has 0 bridgehead atoms. The topological polar surface area (TPSA) is 58.6 Å². The van der Waals surface area contributed by atoms with E-state index in [1.807, 2.05) is 0 Å². The van der Waals surface area contributed by atoms with Crippen LogP contribution in [-0.2, 0) is 9.59 Å². The summed E-state index contributed by atoms with van der Waals surface area (Å²) < 4.78 is 5.67. The lowest BCUT2D eigenvalue weighted by molar-refractivity contribution is -0.125. The molecule has 0 spiro atoms. The van der Waals surface area contributed by atoms with E-state index in [0.29, 0.717) is 39.3 Å². The van der Waals surface area contributed by atoms with Crippen molar-refractivity contribution < 1.29 is 14.3 Å². The Bertz CT molecular complexity index is 972. The van der Waals surface area contributed by atoms with Crippen LogP contribution in [-0.4, -0.2) is 24.5 Å². The van der Waals surface area contributed by atoms with Crippen molar-refractivity contribution in [3.8, 4) is 5.75 Å². The number of ether oxygens (including phenoxy) is 1. The van der Waals surface area contributed by atoms with E-state index in [0.717, 1.165) is 0 Å². The van der Waals surface area contributed by atoms with Gasteiger partial charge in [0.25, 0.3) is 5.91 Å². The van der Waals surface area contributed by atoms with Crippen LogP contribution in [0.5, 0.6) is 5.75 Å². The number of hydrogen-bond donors (Lipinski definition) is 1. The maximum Gasteiger partial charge on any atom is 0.268 e. The number of carbonyl (C=O) groups excluding carboxylic acids is 2. The summed E-state index contributed by atoms with van der Waals surface area (Å²) in [6, 6.07) is 10.2. The fourth-order valence-corrected chi connectivity index (χ4v) is 3.26. The summed E-state index contributed by atoms with van der Waals surface area (Å²) in [5, 5.41) is 3.75. The number of carbonyl (C=O) groups is 2. The van der Waals surface area contributed by atoms with Gasteiger partial charge in [0.05, 0.1) is 5.69 Å². The number of hydrogen-bond acceptors (Lipinski definition) is 3. The zero-order valence-electron chi connectivity index (χ0n) is 15.1. The summed E-state index contributed by atoms with van der Waals surface area (Å²) in [6.07, 6.45) is 4.04. The van der Waals surface area contributed by atoms with Crippen LogP contribution in [0.3, 0.4) is 0 Å². The van der Waals surface area contributed by atoms with Crippen LogP contribution in [0.15, 0.2) is 55.1 Å². The quantitative estimate of drug-likeness (QED) is 0.554. The van der Waals surface area contributed by atoms with Gasteiger partial charge in [0.2, 0.25) is 5.91 Å². The molecule has 0 fully saturated rings. The largest absolute Gasteiger partial charge is 0.479 e. The molecular weight excluding hydrogens is 399 g/mol. The molecule has 2 aromatic rings. The van der Waals surface area contributed by atoms with E-state index in [1.54, 1.807) is 60.4 Å². The monoisotopic (exact) mass is 416 g/mol. The molecular formula is C21H18Cl2N2O3. The van der Waals surface area contributed by atoms with Gasteiger partial charge in [-0.1, -0.05) is 35.3 Å². The lowest BCUT2D eigenvalue weighted by atomic mass is 10.1. The van der Waals surface area contributed by atoms with Crippen LogP contribution in [0, 0.1) is 0 Å². The SMILES string of the molecule is C=CCN1C(=O)C(C)Oc2cc(NC(=O)/C=C/c3ccc(Cl)cc3Cl)ccc21. The van der Waals surface area contributed by atoms with E-state index in [9.17, 15) is 9.59 Å². The van der Waals surface area contributed by atoms with Gasteiger partial charge < -0.3 is 15.0 Å². The molecule has 0 saturated heterocycles. The van der Waals surface area contributed by atoms with Crippen LogP contribution in [0.4, 0.5) is 11.4 Å². The molecule has 0 saturated carbocycles. The summed E-state index contributed by atoms with van der Waals surface area (Å²) in [7, 11) is 0. The van der Waals surface area contributed by atoms with E-state index in [4.69, 9.17) is 27.9 Å². The van der Waals surface area contributed by atoms with E-state index >= 15 is 0 Å². The van der Waals surface area contributed by atoms with Crippen LogP contribution in [0.1, 0.15) is 12.5 Å². The molecule has 1 atom stereocenters. The van der Waals surface area contributed by atoms with E-state index < -0.39 is 6.10 Å². The summed E-state index contributed by atoms with van der Waals surface area (Å²) >= 11 is 12.0. The Kier molecular flexibility index (Phi) is 6.07. The van der Waals surface area contributed by atoms with Crippen molar-refractivity contribution >= 4 is 52.5 Å². The van der Waals surface area contributed by atoms with E-state index in [2.05, 4.69) is 11.9 Å². The van der Waals surface area contributed by atoms with Gasteiger partial charge in [-0.2, -0.15) is 0 Å².